The molecule has 0 saturated carbocycles. The van der Waals surface area contributed by atoms with Crippen molar-refractivity contribution in [3.8, 4) is 0 Å². The van der Waals surface area contributed by atoms with Crippen molar-refractivity contribution in [1.29, 1.82) is 0 Å². The second-order valence-corrected chi connectivity index (χ2v) is 4.28. The van der Waals surface area contributed by atoms with Crippen LogP contribution in [-0.4, -0.2) is 57.4 Å². The summed E-state index contributed by atoms with van der Waals surface area (Å²) in [5, 5.41) is 11.8. The van der Waals surface area contributed by atoms with Gasteiger partial charge in [0.05, 0.1) is 38.6 Å². The van der Waals surface area contributed by atoms with Gasteiger partial charge in [0.15, 0.2) is 13.8 Å². The number of hydrogen-bond donors (Lipinski definition) is 2. The van der Waals surface area contributed by atoms with Crippen LogP contribution in [0.1, 0.15) is 13.8 Å². The van der Waals surface area contributed by atoms with Gasteiger partial charge < -0.3 is 24.5 Å². The van der Waals surface area contributed by atoms with Crippen molar-refractivity contribution in [2.75, 3.05) is 33.0 Å². The Morgan fingerprint density at radius 3 is 2.47 bits per heavy atom. The molecular formula is C9H20BNO4. The molecule has 0 aliphatic carbocycles. The first kappa shape index (κ1) is 12.9. The lowest BCUT2D eigenvalue weighted by molar-refractivity contribution is -0.274. The van der Waals surface area contributed by atoms with Crippen molar-refractivity contribution < 1.29 is 19.3 Å². The van der Waals surface area contributed by atoms with Crippen molar-refractivity contribution in [1.82, 2.24) is 5.23 Å². The molecule has 0 atom stereocenters. The molecule has 2 N–H and O–H groups in total. The van der Waals surface area contributed by atoms with Gasteiger partial charge in [0, 0.05) is 0 Å². The summed E-state index contributed by atoms with van der Waals surface area (Å²) in [6.07, 6.45) is 0. The van der Waals surface area contributed by atoms with Crippen molar-refractivity contribution in [3.63, 3.8) is 0 Å². The minimum absolute atomic E-state index is 0.0347. The molecule has 0 aromatic heterocycles. The fourth-order valence-electron chi connectivity index (χ4n) is 1.34. The molecule has 0 aromatic carbocycles. The predicted octanol–water partition coefficient (Wildman–Crippen LogP) is -1.35. The number of nitrogens with one attached hydrogen (secondary N) is 1. The maximum absolute atomic E-state index is 8.63. The third kappa shape index (κ3) is 3.73. The molecule has 0 aromatic rings. The van der Waals surface area contributed by atoms with Crippen molar-refractivity contribution in [2.45, 2.75) is 25.2 Å². The Balaban J connectivity index is 2.41. The normalized spacial score (nSPS) is 23.9. The molecule has 1 fully saturated rings. The van der Waals surface area contributed by atoms with Gasteiger partial charge in [0.25, 0.3) is 0 Å². The zero-order chi connectivity index (χ0) is 11.4. The third-order valence-corrected chi connectivity index (χ3v) is 2.54. The molecule has 0 unspecified atom stereocenters. The summed E-state index contributed by atoms with van der Waals surface area (Å²) >= 11 is 0. The van der Waals surface area contributed by atoms with E-state index in [1.54, 1.807) is 0 Å². The second kappa shape index (κ2) is 5.27. The van der Waals surface area contributed by atoms with Gasteiger partial charge in [0.2, 0.25) is 0 Å². The highest BCUT2D eigenvalue weighted by Crippen LogP contribution is 2.23. The van der Waals surface area contributed by atoms with Crippen LogP contribution in [0.25, 0.3) is 0 Å². The maximum atomic E-state index is 8.63. The smallest absolute Gasteiger partial charge is 0.182 e. The lowest BCUT2D eigenvalue weighted by Gasteiger charge is -2.43. The Morgan fingerprint density at radius 2 is 2.00 bits per heavy atom. The van der Waals surface area contributed by atoms with Crippen LogP contribution in [0.2, 0.25) is 0 Å². The van der Waals surface area contributed by atoms with Gasteiger partial charge in [-0.05, 0) is 13.8 Å². The average molecular weight is 217 g/mol. The highest BCUT2D eigenvalue weighted by molar-refractivity contribution is 6.05. The molecule has 1 aliphatic rings. The standard InChI is InChI=1S/C9H20BNO4/c1-8(2)14-6-9(11-10,7-15-8)5-13-4-3-12/h11-12H,3-7,10H2,1-2H3. The minimum atomic E-state index is -0.517. The van der Waals surface area contributed by atoms with E-state index in [1.807, 2.05) is 21.8 Å². The molecule has 1 heterocycles. The number of hydrogen-bond acceptors (Lipinski definition) is 5. The van der Waals surface area contributed by atoms with E-state index in [1.165, 1.54) is 0 Å². The van der Waals surface area contributed by atoms with Crippen LogP contribution in [-0.2, 0) is 14.2 Å². The zero-order valence-electron chi connectivity index (χ0n) is 9.71. The van der Waals surface area contributed by atoms with E-state index in [4.69, 9.17) is 19.3 Å². The van der Waals surface area contributed by atoms with Gasteiger partial charge in [-0.3, -0.25) is 0 Å². The minimum Gasteiger partial charge on any atom is -0.394 e. The summed E-state index contributed by atoms with van der Waals surface area (Å²) in [5.41, 5.74) is -0.301. The van der Waals surface area contributed by atoms with E-state index in [2.05, 4.69) is 5.23 Å². The topological polar surface area (TPSA) is 60.0 Å². The molecule has 88 valence electrons. The monoisotopic (exact) mass is 217 g/mol. The van der Waals surface area contributed by atoms with Crippen molar-refractivity contribution in [3.05, 3.63) is 0 Å². The first-order chi connectivity index (χ1) is 7.04. The highest BCUT2D eigenvalue weighted by atomic mass is 16.7. The molecule has 0 amide bonds. The Morgan fingerprint density at radius 1 is 1.40 bits per heavy atom. The van der Waals surface area contributed by atoms with E-state index < -0.39 is 5.79 Å². The van der Waals surface area contributed by atoms with Gasteiger partial charge in [-0.1, -0.05) is 0 Å². The Labute approximate surface area is 91.5 Å². The molecule has 1 aliphatic heterocycles. The van der Waals surface area contributed by atoms with E-state index in [0.717, 1.165) is 0 Å². The number of rotatable bonds is 5. The van der Waals surface area contributed by atoms with Crippen molar-refractivity contribution >= 4 is 7.98 Å². The predicted molar refractivity (Wildman–Crippen MR) is 58.3 cm³/mol. The first-order valence-electron chi connectivity index (χ1n) is 5.19. The largest absolute Gasteiger partial charge is 0.394 e. The molecule has 5 nitrogen and oxygen atoms in total. The number of ether oxygens (including phenoxy) is 3. The summed E-state index contributed by atoms with van der Waals surface area (Å²) in [5.74, 6) is -0.517. The molecule has 0 bridgehead atoms. The summed E-state index contributed by atoms with van der Waals surface area (Å²) < 4.78 is 16.5. The SMILES string of the molecule is BNC1(COCCO)COC(C)(C)OC1. The summed E-state index contributed by atoms with van der Waals surface area (Å²) in [4.78, 5) is 0. The lowest BCUT2D eigenvalue weighted by atomic mass is 9.99. The van der Waals surface area contributed by atoms with E-state index in [9.17, 15) is 0 Å². The summed E-state index contributed by atoms with van der Waals surface area (Å²) in [6, 6.07) is 0. The van der Waals surface area contributed by atoms with Crippen LogP contribution in [0.3, 0.4) is 0 Å². The van der Waals surface area contributed by atoms with Gasteiger partial charge in [-0.2, -0.15) is 0 Å². The van der Waals surface area contributed by atoms with E-state index in [0.29, 0.717) is 26.4 Å². The quantitative estimate of drug-likeness (QED) is 0.440. The fraction of sp³-hybridized carbons (Fsp3) is 1.00. The van der Waals surface area contributed by atoms with Crippen molar-refractivity contribution in [2.24, 2.45) is 0 Å². The average Bonchev–Trinajstić information content (AvgIpc) is 2.22. The van der Waals surface area contributed by atoms with Gasteiger partial charge in [-0.15, -0.1) is 0 Å². The van der Waals surface area contributed by atoms with Crippen LogP contribution in [0.15, 0.2) is 0 Å². The summed E-state index contributed by atoms with van der Waals surface area (Å²) in [6.45, 7) is 5.71. The Bertz CT molecular complexity index is 191. The molecule has 6 heteroatoms. The molecule has 0 spiro atoms. The number of aliphatic hydroxyl groups is 1. The van der Waals surface area contributed by atoms with Gasteiger partial charge >= 0.3 is 0 Å². The molecule has 15 heavy (non-hydrogen) atoms. The third-order valence-electron chi connectivity index (χ3n) is 2.54. The van der Waals surface area contributed by atoms with Crippen LogP contribution in [0.5, 0.6) is 0 Å². The summed E-state index contributed by atoms with van der Waals surface area (Å²) in [7, 11) is 1.85. The molecule has 1 rings (SSSR count). The fourth-order valence-corrected chi connectivity index (χ4v) is 1.34. The van der Waals surface area contributed by atoms with Crippen LogP contribution >= 0.6 is 0 Å². The highest BCUT2D eigenvalue weighted by Gasteiger charge is 2.38. The van der Waals surface area contributed by atoms with E-state index >= 15 is 0 Å². The lowest BCUT2D eigenvalue weighted by Crippen LogP contribution is -2.61. The van der Waals surface area contributed by atoms with Gasteiger partial charge in [0.1, 0.15) is 0 Å². The van der Waals surface area contributed by atoms with Gasteiger partial charge in [-0.25, -0.2) is 0 Å². The van der Waals surface area contributed by atoms with Crippen LogP contribution < -0.4 is 5.23 Å². The number of aliphatic hydroxyl groups excluding tert-OH is 1. The molecule has 1 saturated heterocycles. The van der Waals surface area contributed by atoms with Crippen LogP contribution in [0.4, 0.5) is 0 Å². The Hall–Kier alpha value is -0.135. The molecular weight excluding hydrogens is 197 g/mol. The second-order valence-electron chi connectivity index (χ2n) is 4.28. The van der Waals surface area contributed by atoms with Crippen LogP contribution in [0, 0.1) is 0 Å². The first-order valence-corrected chi connectivity index (χ1v) is 5.19. The maximum Gasteiger partial charge on any atom is 0.182 e. The zero-order valence-corrected chi connectivity index (χ0v) is 9.71. The van der Waals surface area contributed by atoms with E-state index in [-0.39, 0.29) is 12.1 Å². The molecule has 0 radical (unpaired) electrons. The Kier molecular flexibility index (Phi) is 4.54.